The minimum Gasteiger partial charge on any atom is -0.356 e. The molecule has 1 aromatic heterocycles. The molecule has 1 fully saturated rings. The van der Waals surface area contributed by atoms with Gasteiger partial charge in [-0.2, -0.15) is 13.2 Å². The molecule has 3 rings (SSSR count). The number of amides is 1. The Hall–Kier alpha value is -1.64. The van der Waals surface area contributed by atoms with Gasteiger partial charge in [0.25, 0.3) is 0 Å². The Kier molecular flexibility index (Phi) is 7.42. The maximum Gasteiger partial charge on any atom is 0.417 e. The van der Waals surface area contributed by atoms with E-state index in [1.807, 2.05) is 4.90 Å². The molecule has 1 N–H and O–H groups in total. The van der Waals surface area contributed by atoms with Gasteiger partial charge in [-0.15, -0.1) is 11.8 Å². The van der Waals surface area contributed by atoms with Crippen LogP contribution in [0.5, 0.6) is 0 Å². The smallest absolute Gasteiger partial charge is 0.356 e. The Morgan fingerprint density at radius 1 is 1.23 bits per heavy atom. The molecule has 0 aliphatic carbocycles. The zero-order valence-electron chi connectivity index (χ0n) is 16.0. The van der Waals surface area contributed by atoms with E-state index in [9.17, 15) is 18.0 Å². The van der Waals surface area contributed by atoms with Crippen molar-refractivity contribution in [2.45, 2.75) is 42.1 Å². The summed E-state index contributed by atoms with van der Waals surface area (Å²) in [6, 6.07) is 7.54. The van der Waals surface area contributed by atoms with Crippen molar-refractivity contribution in [3.63, 3.8) is 0 Å². The number of piperidine rings is 1. The second kappa shape index (κ2) is 9.66. The Labute approximate surface area is 187 Å². The van der Waals surface area contributed by atoms with Gasteiger partial charge < -0.3 is 10.2 Å². The Morgan fingerprint density at radius 3 is 2.53 bits per heavy atom. The molecule has 1 aliphatic rings. The molecule has 10 heteroatoms. The number of hydrogen-bond donors (Lipinski definition) is 1. The molecule has 0 spiro atoms. The van der Waals surface area contributed by atoms with Crippen LogP contribution >= 0.6 is 35.0 Å². The summed E-state index contributed by atoms with van der Waals surface area (Å²) in [6.45, 7) is 3.01. The summed E-state index contributed by atoms with van der Waals surface area (Å²) < 4.78 is 38.0. The van der Waals surface area contributed by atoms with Gasteiger partial charge in [0.15, 0.2) is 0 Å². The second-order valence-corrected chi connectivity index (χ2v) is 9.23. The van der Waals surface area contributed by atoms with Crippen LogP contribution in [0.25, 0.3) is 0 Å². The fourth-order valence-corrected chi connectivity index (χ4v) is 4.54. The van der Waals surface area contributed by atoms with Crippen LogP contribution in [-0.4, -0.2) is 35.3 Å². The lowest BCUT2D eigenvalue weighted by molar-refractivity contribution is -0.137. The quantitative estimate of drug-likeness (QED) is 0.563. The third-order valence-corrected chi connectivity index (χ3v) is 6.64. The summed E-state index contributed by atoms with van der Waals surface area (Å²) in [4.78, 5) is 19.2. The number of alkyl halides is 3. The molecule has 1 aliphatic heterocycles. The monoisotopic (exact) mass is 477 g/mol. The van der Waals surface area contributed by atoms with Gasteiger partial charge in [0.2, 0.25) is 5.91 Å². The van der Waals surface area contributed by atoms with Crippen LogP contribution < -0.4 is 10.2 Å². The number of pyridine rings is 1. The lowest BCUT2D eigenvalue weighted by atomic mass is 10.0. The highest BCUT2D eigenvalue weighted by molar-refractivity contribution is 8.00. The molecule has 1 unspecified atom stereocenters. The first-order valence-corrected chi connectivity index (χ1v) is 11.0. The Morgan fingerprint density at radius 2 is 1.93 bits per heavy atom. The predicted molar refractivity (Wildman–Crippen MR) is 114 cm³/mol. The lowest BCUT2D eigenvalue weighted by Crippen LogP contribution is -2.46. The van der Waals surface area contributed by atoms with Gasteiger partial charge in [-0.3, -0.25) is 4.79 Å². The fourth-order valence-electron chi connectivity index (χ4n) is 3.12. The second-order valence-electron chi connectivity index (χ2n) is 7.01. The number of rotatable bonds is 5. The average molecular weight is 478 g/mol. The Bertz CT molecular complexity index is 888. The zero-order valence-corrected chi connectivity index (χ0v) is 18.4. The third-order valence-electron chi connectivity index (χ3n) is 4.81. The molecule has 1 amide bonds. The predicted octanol–water partition coefficient (Wildman–Crippen LogP) is 5.67. The summed E-state index contributed by atoms with van der Waals surface area (Å²) >= 11 is 13.5. The molecule has 162 valence electrons. The van der Waals surface area contributed by atoms with E-state index in [2.05, 4.69) is 10.3 Å². The van der Waals surface area contributed by atoms with Crippen LogP contribution in [-0.2, 0) is 11.0 Å². The maximum absolute atomic E-state index is 12.7. The van der Waals surface area contributed by atoms with Crippen molar-refractivity contribution >= 4 is 46.7 Å². The van der Waals surface area contributed by atoms with E-state index in [0.717, 1.165) is 17.2 Å². The summed E-state index contributed by atoms with van der Waals surface area (Å²) in [5.41, 5.74) is -0.764. The highest BCUT2D eigenvalue weighted by Gasteiger charge is 2.31. The van der Waals surface area contributed by atoms with Crippen LogP contribution in [0.2, 0.25) is 10.0 Å². The normalized spacial score (nSPS) is 16.4. The third kappa shape index (κ3) is 5.95. The fraction of sp³-hybridized carbons (Fsp3) is 0.400. The molecule has 2 aromatic rings. The van der Waals surface area contributed by atoms with Gasteiger partial charge in [-0.25, -0.2) is 4.98 Å². The SMILES string of the molecule is CC(Sc1cc(Cl)ccc1Cl)C(=O)NC1CCN(c2ccc(C(F)(F)F)cn2)CC1. The van der Waals surface area contributed by atoms with Gasteiger partial charge in [0, 0.05) is 35.2 Å². The first-order valence-electron chi connectivity index (χ1n) is 9.34. The molecular weight excluding hydrogens is 458 g/mol. The molecule has 0 bridgehead atoms. The molecule has 0 radical (unpaired) electrons. The van der Waals surface area contributed by atoms with E-state index in [-0.39, 0.29) is 17.2 Å². The number of halogens is 5. The highest BCUT2D eigenvalue weighted by Crippen LogP contribution is 2.33. The van der Waals surface area contributed by atoms with Crippen molar-refractivity contribution in [1.29, 1.82) is 0 Å². The molecule has 1 aromatic carbocycles. The van der Waals surface area contributed by atoms with Crippen LogP contribution in [0.1, 0.15) is 25.3 Å². The lowest BCUT2D eigenvalue weighted by Gasteiger charge is -2.33. The van der Waals surface area contributed by atoms with Crippen molar-refractivity contribution in [3.8, 4) is 0 Å². The first kappa shape index (κ1) is 23.0. The number of thioether (sulfide) groups is 1. The molecule has 1 saturated heterocycles. The number of carbonyl (C=O) groups excluding carboxylic acids is 1. The number of carbonyl (C=O) groups is 1. The molecule has 1 atom stereocenters. The minimum atomic E-state index is -4.40. The minimum absolute atomic E-state index is 0.00100. The number of anilines is 1. The van der Waals surface area contributed by atoms with Crippen molar-refractivity contribution in [2.24, 2.45) is 0 Å². The van der Waals surface area contributed by atoms with E-state index >= 15 is 0 Å². The number of nitrogens with one attached hydrogen (secondary N) is 1. The zero-order chi connectivity index (χ0) is 21.9. The highest BCUT2D eigenvalue weighted by atomic mass is 35.5. The van der Waals surface area contributed by atoms with Crippen LogP contribution in [0.3, 0.4) is 0 Å². The number of nitrogens with zero attached hydrogens (tertiary/aromatic N) is 2. The van der Waals surface area contributed by atoms with Crippen molar-refractivity contribution in [3.05, 3.63) is 52.1 Å². The number of benzene rings is 1. The van der Waals surface area contributed by atoms with E-state index in [4.69, 9.17) is 23.2 Å². The summed E-state index contributed by atoms with van der Waals surface area (Å²) in [6.07, 6.45) is -2.18. The number of aromatic nitrogens is 1. The summed E-state index contributed by atoms with van der Waals surface area (Å²) in [5, 5.41) is 3.79. The molecule has 0 saturated carbocycles. The largest absolute Gasteiger partial charge is 0.417 e. The van der Waals surface area contributed by atoms with Crippen molar-refractivity contribution in [1.82, 2.24) is 10.3 Å². The topological polar surface area (TPSA) is 45.2 Å². The molecule has 2 heterocycles. The Balaban J connectivity index is 1.50. The molecule has 30 heavy (non-hydrogen) atoms. The van der Waals surface area contributed by atoms with Gasteiger partial charge >= 0.3 is 6.18 Å². The number of hydrogen-bond acceptors (Lipinski definition) is 4. The van der Waals surface area contributed by atoms with E-state index in [1.54, 1.807) is 25.1 Å². The van der Waals surface area contributed by atoms with Crippen molar-refractivity contribution in [2.75, 3.05) is 18.0 Å². The van der Waals surface area contributed by atoms with Crippen LogP contribution in [0.15, 0.2) is 41.4 Å². The van der Waals surface area contributed by atoms with Crippen LogP contribution in [0.4, 0.5) is 19.0 Å². The summed E-state index contributed by atoms with van der Waals surface area (Å²) in [5.74, 6) is 0.412. The summed E-state index contributed by atoms with van der Waals surface area (Å²) in [7, 11) is 0. The van der Waals surface area contributed by atoms with Crippen LogP contribution in [0, 0.1) is 0 Å². The van der Waals surface area contributed by atoms with E-state index in [1.165, 1.54) is 17.8 Å². The van der Waals surface area contributed by atoms with Gasteiger partial charge in [0.05, 0.1) is 15.8 Å². The van der Waals surface area contributed by atoms with Gasteiger partial charge in [0.1, 0.15) is 5.82 Å². The molecular formula is C20H20Cl2F3N3OS. The van der Waals surface area contributed by atoms with Crippen molar-refractivity contribution < 1.29 is 18.0 Å². The van der Waals surface area contributed by atoms with Gasteiger partial charge in [-0.1, -0.05) is 23.2 Å². The standard InChI is InChI=1S/C20H20Cl2F3N3OS/c1-12(30-17-10-14(21)3-4-16(17)22)19(29)27-15-6-8-28(9-7-15)18-5-2-13(11-26-18)20(23,24)25/h2-5,10-12,15H,6-9H2,1H3,(H,27,29). The van der Waals surface area contributed by atoms with Gasteiger partial charge in [-0.05, 0) is 50.1 Å². The van der Waals surface area contributed by atoms with E-state index < -0.39 is 11.7 Å². The molecule has 4 nitrogen and oxygen atoms in total. The maximum atomic E-state index is 12.7. The van der Waals surface area contributed by atoms with E-state index in [0.29, 0.717) is 41.8 Å². The first-order chi connectivity index (χ1) is 14.1. The average Bonchev–Trinajstić information content (AvgIpc) is 2.70.